The van der Waals surface area contributed by atoms with Crippen LogP contribution in [0.5, 0.6) is 0 Å². The van der Waals surface area contributed by atoms with Crippen LogP contribution in [0.4, 0.5) is 0 Å². The summed E-state index contributed by atoms with van der Waals surface area (Å²) in [6.07, 6.45) is 6.08. The normalized spacial score (nSPS) is 17.1. The Morgan fingerprint density at radius 1 is 1.00 bits per heavy atom. The van der Waals surface area contributed by atoms with Crippen LogP contribution >= 0.6 is 30.9 Å². The van der Waals surface area contributed by atoms with E-state index in [0.717, 1.165) is 0 Å². The Kier molecular flexibility index (Phi) is 11.3. The molecule has 0 saturated carbocycles. The molecule has 1 aliphatic heterocycles. The predicted molar refractivity (Wildman–Crippen MR) is 45.6 cm³/mol. The lowest BCUT2D eigenvalue weighted by molar-refractivity contribution is 0.949. The number of halogens is 1. The minimum Gasteiger partial charge on any atom is -0.153 e. The van der Waals surface area contributed by atoms with Gasteiger partial charge in [-0.1, -0.05) is 0 Å². The summed E-state index contributed by atoms with van der Waals surface area (Å²) >= 11 is 0. The van der Waals surface area contributed by atoms with Crippen molar-refractivity contribution in [2.75, 3.05) is 12.3 Å². The maximum atomic E-state index is 1.53. The largest absolute Gasteiger partial charge is 0.153 e. The standard InChI is InChI=1S/C4H9P.ClH.H3P/c1-2-4-5-3-1;;/h5H,1-4H2;1H;1H3. The van der Waals surface area contributed by atoms with Crippen molar-refractivity contribution in [3.8, 4) is 0 Å². The lowest BCUT2D eigenvalue weighted by atomic mass is 10.4. The van der Waals surface area contributed by atoms with Crippen LogP contribution in [-0.4, -0.2) is 12.3 Å². The summed E-state index contributed by atoms with van der Waals surface area (Å²) in [5.41, 5.74) is 0. The fourth-order valence-corrected chi connectivity index (χ4v) is 1.87. The van der Waals surface area contributed by atoms with Gasteiger partial charge in [0.25, 0.3) is 0 Å². The van der Waals surface area contributed by atoms with Crippen molar-refractivity contribution in [2.45, 2.75) is 12.8 Å². The second-order valence-corrected chi connectivity index (χ2v) is 2.96. The van der Waals surface area contributed by atoms with Crippen LogP contribution in [-0.2, 0) is 0 Å². The lowest BCUT2D eigenvalue weighted by Gasteiger charge is -1.69. The summed E-state index contributed by atoms with van der Waals surface area (Å²) in [7, 11) is 1.31. The number of rotatable bonds is 0. The maximum absolute atomic E-state index is 1.53. The predicted octanol–water partition coefficient (Wildman–Crippen LogP) is 1.94. The molecule has 0 radical (unpaired) electrons. The summed E-state index contributed by atoms with van der Waals surface area (Å²) < 4.78 is 0. The van der Waals surface area contributed by atoms with Crippen molar-refractivity contribution in [2.24, 2.45) is 0 Å². The molecule has 0 aliphatic carbocycles. The van der Waals surface area contributed by atoms with Gasteiger partial charge in [-0.25, -0.2) is 0 Å². The molecule has 0 aromatic heterocycles. The van der Waals surface area contributed by atoms with Crippen LogP contribution in [0, 0.1) is 0 Å². The van der Waals surface area contributed by atoms with Crippen LogP contribution in [0.15, 0.2) is 0 Å². The molecule has 0 spiro atoms. The third kappa shape index (κ3) is 5.01. The van der Waals surface area contributed by atoms with Crippen molar-refractivity contribution in [3.63, 3.8) is 0 Å². The van der Waals surface area contributed by atoms with Gasteiger partial charge in [0.2, 0.25) is 0 Å². The van der Waals surface area contributed by atoms with Crippen LogP contribution in [0.3, 0.4) is 0 Å². The van der Waals surface area contributed by atoms with Crippen LogP contribution < -0.4 is 0 Å². The highest BCUT2D eigenvalue weighted by Crippen LogP contribution is 2.21. The molecule has 7 heavy (non-hydrogen) atoms. The van der Waals surface area contributed by atoms with E-state index in [2.05, 4.69) is 0 Å². The van der Waals surface area contributed by atoms with Gasteiger partial charge in [0.1, 0.15) is 0 Å². The lowest BCUT2D eigenvalue weighted by Crippen LogP contribution is -1.58. The molecular weight excluding hydrogens is 145 g/mol. The van der Waals surface area contributed by atoms with E-state index in [1.165, 1.54) is 33.7 Å². The summed E-state index contributed by atoms with van der Waals surface area (Å²) in [4.78, 5) is 0. The zero-order valence-corrected chi connectivity index (χ0v) is 7.67. The van der Waals surface area contributed by atoms with Gasteiger partial charge in [-0.3, -0.25) is 0 Å². The molecule has 1 rings (SSSR count). The molecule has 0 aromatic rings. The maximum Gasteiger partial charge on any atom is -0.0353 e. The highest BCUT2D eigenvalue weighted by Gasteiger charge is 1.94. The topological polar surface area (TPSA) is 0 Å². The van der Waals surface area contributed by atoms with Crippen LogP contribution in [0.25, 0.3) is 0 Å². The molecule has 1 saturated heterocycles. The van der Waals surface area contributed by atoms with Crippen LogP contribution in [0.1, 0.15) is 12.8 Å². The van der Waals surface area contributed by atoms with E-state index >= 15 is 0 Å². The minimum atomic E-state index is 0. The van der Waals surface area contributed by atoms with E-state index in [0.29, 0.717) is 0 Å². The molecule has 1 aliphatic rings. The average Bonchev–Trinajstić information content (AvgIpc) is 1.76. The molecule has 1 unspecified atom stereocenters. The summed E-state index contributed by atoms with van der Waals surface area (Å²) in [5.74, 6) is 0. The molecule has 0 N–H and O–H groups in total. The zero-order chi connectivity index (χ0) is 3.54. The van der Waals surface area contributed by atoms with Gasteiger partial charge in [-0.2, -0.15) is 9.90 Å². The first-order chi connectivity index (χ1) is 2.50. The van der Waals surface area contributed by atoms with E-state index in [9.17, 15) is 0 Å². The first kappa shape index (κ1) is 11.0. The van der Waals surface area contributed by atoms with Crippen molar-refractivity contribution < 1.29 is 0 Å². The first-order valence-corrected chi connectivity index (χ1v) is 3.62. The Balaban J connectivity index is 0. The Bertz CT molecular complexity index is 21.3. The zero-order valence-electron chi connectivity index (χ0n) is 4.44. The minimum absolute atomic E-state index is 0. The fraction of sp³-hybridized carbons (Fsp3) is 1.00. The Hall–Kier alpha value is 1.15. The van der Waals surface area contributed by atoms with Gasteiger partial charge in [-0.15, -0.1) is 21.0 Å². The number of hydrogen-bond donors (Lipinski definition) is 0. The van der Waals surface area contributed by atoms with Gasteiger partial charge >= 0.3 is 0 Å². The Labute approximate surface area is 56.6 Å². The first-order valence-electron chi connectivity index (χ1n) is 2.21. The molecule has 1 heterocycles. The number of hydrogen-bond acceptors (Lipinski definition) is 0. The van der Waals surface area contributed by atoms with Gasteiger partial charge in [0.15, 0.2) is 0 Å². The van der Waals surface area contributed by atoms with Gasteiger partial charge < -0.3 is 0 Å². The molecule has 1 atom stereocenters. The van der Waals surface area contributed by atoms with Crippen molar-refractivity contribution in [1.29, 1.82) is 0 Å². The van der Waals surface area contributed by atoms with E-state index in [1.54, 1.807) is 0 Å². The molecule has 1 fully saturated rings. The molecule has 0 amide bonds. The van der Waals surface area contributed by atoms with Crippen molar-refractivity contribution in [3.05, 3.63) is 0 Å². The van der Waals surface area contributed by atoms with E-state index in [4.69, 9.17) is 0 Å². The second-order valence-electron chi connectivity index (χ2n) is 1.46. The van der Waals surface area contributed by atoms with Gasteiger partial charge in [0.05, 0.1) is 0 Å². The molecule has 0 aromatic carbocycles. The summed E-state index contributed by atoms with van der Waals surface area (Å²) in [6.45, 7) is 0. The highest BCUT2D eigenvalue weighted by molar-refractivity contribution is 7.38. The summed E-state index contributed by atoms with van der Waals surface area (Å²) in [5, 5.41) is 0. The monoisotopic (exact) mass is 158 g/mol. The second kappa shape index (κ2) is 7.15. The fourth-order valence-electron chi connectivity index (χ4n) is 0.625. The van der Waals surface area contributed by atoms with E-state index in [1.807, 2.05) is 0 Å². The van der Waals surface area contributed by atoms with Crippen LogP contribution in [0.2, 0.25) is 0 Å². The Morgan fingerprint density at radius 3 is 1.57 bits per heavy atom. The molecule has 0 bridgehead atoms. The molecular formula is C4H13ClP2. The average molecular weight is 159 g/mol. The third-order valence-corrected chi connectivity index (χ3v) is 2.37. The van der Waals surface area contributed by atoms with E-state index in [-0.39, 0.29) is 22.3 Å². The summed E-state index contributed by atoms with van der Waals surface area (Å²) in [6, 6.07) is 0. The molecule has 3 heteroatoms. The third-order valence-electron chi connectivity index (χ3n) is 0.957. The van der Waals surface area contributed by atoms with Gasteiger partial charge in [0, 0.05) is 0 Å². The van der Waals surface area contributed by atoms with E-state index < -0.39 is 0 Å². The van der Waals surface area contributed by atoms with Gasteiger partial charge in [-0.05, 0) is 25.2 Å². The molecule has 0 nitrogen and oxygen atoms in total. The SMILES string of the molecule is C1CCPC1.Cl.P. The van der Waals surface area contributed by atoms with Crippen molar-refractivity contribution >= 4 is 30.9 Å². The Morgan fingerprint density at radius 2 is 1.43 bits per heavy atom. The smallest absolute Gasteiger partial charge is 0.0353 e. The quantitative estimate of drug-likeness (QED) is 0.473. The van der Waals surface area contributed by atoms with Crippen molar-refractivity contribution in [1.82, 2.24) is 0 Å². The highest BCUT2D eigenvalue weighted by atomic mass is 35.5. The molecule has 46 valence electrons.